The Bertz CT molecular complexity index is 415. The van der Waals surface area contributed by atoms with Crippen molar-refractivity contribution in [2.45, 2.75) is 134 Å². The van der Waals surface area contributed by atoms with Crippen molar-refractivity contribution in [2.24, 2.45) is 0 Å². The minimum absolute atomic E-state index is 0.0604. The molecule has 1 saturated heterocycles. The highest BCUT2D eigenvalue weighted by atomic mass is 16.5. The Morgan fingerprint density at radius 1 is 0.806 bits per heavy atom. The zero-order chi connectivity index (χ0) is 22.6. The summed E-state index contributed by atoms with van der Waals surface area (Å²) in [7, 11) is 0. The van der Waals surface area contributed by atoms with Crippen molar-refractivity contribution in [3.63, 3.8) is 0 Å². The standard InChI is InChI=1S/C26H50O5/c1-2-3-4-5-6-7-8-9-10-11-12-13-14-15-16-17-18-19-20-30-21-24(28)26-25(29)23(27)22-31-26/h17-18,23-29H,2-16,19-22H2,1H3/b18-17+/t23-,24+,25+,26+/m1/s1. The van der Waals surface area contributed by atoms with Crippen LogP contribution in [0.5, 0.6) is 0 Å². The monoisotopic (exact) mass is 442 g/mol. The normalized spacial score (nSPS) is 22.5. The number of allylic oxidation sites excluding steroid dienone is 1. The van der Waals surface area contributed by atoms with Gasteiger partial charge in [-0.05, 0) is 19.3 Å². The molecule has 4 atom stereocenters. The molecular weight excluding hydrogens is 392 g/mol. The van der Waals surface area contributed by atoms with E-state index in [1.165, 1.54) is 89.9 Å². The van der Waals surface area contributed by atoms with Crippen LogP contribution < -0.4 is 0 Å². The molecule has 0 aromatic carbocycles. The molecule has 0 amide bonds. The Labute approximate surface area is 191 Å². The molecule has 0 saturated carbocycles. The minimum Gasteiger partial charge on any atom is -0.388 e. The average Bonchev–Trinajstić information content (AvgIpc) is 3.10. The number of aliphatic hydroxyl groups is 3. The summed E-state index contributed by atoms with van der Waals surface area (Å²) in [6.07, 6.45) is 22.1. The van der Waals surface area contributed by atoms with Crippen LogP contribution in [0, 0.1) is 0 Å². The highest BCUT2D eigenvalue weighted by Crippen LogP contribution is 2.18. The molecule has 0 bridgehead atoms. The topological polar surface area (TPSA) is 79.2 Å². The van der Waals surface area contributed by atoms with E-state index in [1.807, 2.05) is 0 Å². The van der Waals surface area contributed by atoms with E-state index in [4.69, 9.17) is 9.47 Å². The first-order valence-corrected chi connectivity index (χ1v) is 13.0. The van der Waals surface area contributed by atoms with Gasteiger partial charge in [-0.15, -0.1) is 0 Å². The van der Waals surface area contributed by atoms with E-state index in [9.17, 15) is 15.3 Å². The molecule has 0 aromatic rings. The largest absolute Gasteiger partial charge is 0.388 e. The van der Waals surface area contributed by atoms with Crippen LogP contribution in [0.4, 0.5) is 0 Å². The first-order chi connectivity index (χ1) is 15.2. The van der Waals surface area contributed by atoms with Crippen molar-refractivity contribution in [3.05, 3.63) is 12.2 Å². The van der Waals surface area contributed by atoms with Crippen molar-refractivity contribution in [1.29, 1.82) is 0 Å². The lowest BCUT2D eigenvalue weighted by Crippen LogP contribution is -2.40. The first-order valence-electron chi connectivity index (χ1n) is 13.0. The second kappa shape index (κ2) is 20.2. The molecule has 5 nitrogen and oxygen atoms in total. The molecule has 5 heteroatoms. The van der Waals surface area contributed by atoms with Crippen LogP contribution >= 0.6 is 0 Å². The SMILES string of the molecule is CCCCCCCCCCCCCCCC/C=C/CCOC[C@H](O)[C@@H]1OC[C@@H](O)[C@@H]1O. The first kappa shape index (κ1) is 28.6. The van der Waals surface area contributed by atoms with Gasteiger partial charge in [-0.2, -0.15) is 0 Å². The molecule has 1 fully saturated rings. The van der Waals surface area contributed by atoms with E-state index in [0.29, 0.717) is 6.61 Å². The highest BCUT2D eigenvalue weighted by molar-refractivity contribution is 4.88. The summed E-state index contributed by atoms with van der Waals surface area (Å²) in [5.74, 6) is 0. The predicted molar refractivity (Wildman–Crippen MR) is 127 cm³/mol. The van der Waals surface area contributed by atoms with Gasteiger partial charge in [0.2, 0.25) is 0 Å². The maximum Gasteiger partial charge on any atom is 0.114 e. The smallest absolute Gasteiger partial charge is 0.114 e. The Balaban J connectivity index is 1.77. The molecule has 1 aliphatic rings. The van der Waals surface area contributed by atoms with E-state index in [2.05, 4.69) is 19.1 Å². The molecule has 0 unspecified atom stereocenters. The van der Waals surface area contributed by atoms with Crippen LogP contribution in [-0.4, -0.2) is 59.6 Å². The quantitative estimate of drug-likeness (QED) is 0.166. The summed E-state index contributed by atoms with van der Waals surface area (Å²) in [4.78, 5) is 0. The maximum absolute atomic E-state index is 9.95. The lowest BCUT2D eigenvalue weighted by atomic mass is 10.0. The molecular formula is C26H50O5. The summed E-state index contributed by atoms with van der Waals surface area (Å²) >= 11 is 0. The second-order valence-electron chi connectivity index (χ2n) is 9.14. The van der Waals surface area contributed by atoms with Crippen molar-refractivity contribution in [1.82, 2.24) is 0 Å². The van der Waals surface area contributed by atoms with Crippen LogP contribution in [0.2, 0.25) is 0 Å². The van der Waals surface area contributed by atoms with E-state index < -0.39 is 24.4 Å². The number of aliphatic hydroxyl groups excluding tert-OH is 3. The van der Waals surface area contributed by atoms with Crippen LogP contribution in [0.25, 0.3) is 0 Å². The molecule has 1 rings (SSSR count). The zero-order valence-corrected chi connectivity index (χ0v) is 20.1. The Hall–Kier alpha value is -0.460. The molecule has 1 heterocycles. The van der Waals surface area contributed by atoms with Crippen LogP contribution in [0.3, 0.4) is 0 Å². The lowest BCUT2D eigenvalue weighted by Gasteiger charge is -2.20. The average molecular weight is 443 g/mol. The van der Waals surface area contributed by atoms with Gasteiger partial charge in [-0.25, -0.2) is 0 Å². The number of hydrogen-bond acceptors (Lipinski definition) is 5. The van der Waals surface area contributed by atoms with Gasteiger partial charge in [-0.1, -0.05) is 103 Å². The predicted octanol–water partition coefficient (Wildman–Crippen LogP) is 5.30. The fourth-order valence-corrected chi connectivity index (χ4v) is 4.11. The van der Waals surface area contributed by atoms with Gasteiger partial charge in [0.25, 0.3) is 0 Å². The van der Waals surface area contributed by atoms with Crippen molar-refractivity contribution < 1.29 is 24.8 Å². The van der Waals surface area contributed by atoms with Crippen LogP contribution in [0.15, 0.2) is 12.2 Å². The minimum atomic E-state index is -1.04. The third kappa shape index (κ3) is 15.1. The van der Waals surface area contributed by atoms with Gasteiger partial charge in [0.15, 0.2) is 0 Å². The molecule has 31 heavy (non-hydrogen) atoms. The third-order valence-electron chi connectivity index (χ3n) is 6.18. The number of ether oxygens (including phenoxy) is 2. The number of unbranched alkanes of at least 4 members (excludes halogenated alkanes) is 14. The number of rotatable bonds is 21. The highest BCUT2D eigenvalue weighted by Gasteiger charge is 2.39. The molecule has 3 N–H and O–H groups in total. The van der Waals surface area contributed by atoms with Crippen LogP contribution in [-0.2, 0) is 9.47 Å². The van der Waals surface area contributed by atoms with E-state index in [1.54, 1.807) is 0 Å². The summed E-state index contributed by atoms with van der Waals surface area (Å²) in [6, 6.07) is 0. The summed E-state index contributed by atoms with van der Waals surface area (Å²) in [5.41, 5.74) is 0. The van der Waals surface area contributed by atoms with Crippen LogP contribution in [0.1, 0.15) is 110 Å². The molecule has 1 aliphatic heterocycles. The van der Waals surface area contributed by atoms with Gasteiger partial charge in [-0.3, -0.25) is 0 Å². The van der Waals surface area contributed by atoms with Gasteiger partial charge < -0.3 is 24.8 Å². The zero-order valence-electron chi connectivity index (χ0n) is 20.1. The second-order valence-corrected chi connectivity index (χ2v) is 9.14. The fraction of sp³-hybridized carbons (Fsp3) is 0.923. The summed E-state index contributed by atoms with van der Waals surface area (Å²) in [6.45, 7) is 2.99. The third-order valence-corrected chi connectivity index (χ3v) is 6.18. The molecule has 184 valence electrons. The molecule has 0 radical (unpaired) electrons. The Kier molecular flexibility index (Phi) is 18.6. The summed E-state index contributed by atoms with van der Waals surface area (Å²) < 4.78 is 10.6. The van der Waals surface area contributed by atoms with E-state index >= 15 is 0 Å². The molecule has 0 aliphatic carbocycles. The van der Waals surface area contributed by atoms with Crippen molar-refractivity contribution in [3.8, 4) is 0 Å². The van der Waals surface area contributed by atoms with Gasteiger partial charge >= 0.3 is 0 Å². The summed E-state index contributed by atoms with van der Waals surface area (Å²) in [5, 5.41) is 29.1. The lowest BCUT2D eigenvalue weighted by molar-refractivity contribution is -0.0806. The van der Waals surface area contributed by atoms with Crippen molar-refractivity contribution >= 4 is 0 Å². The number of hydrogen-bond donors (Lipinski definition) is 3. The Morgan fingerprint density at radius 2 is 1.32 bits per heavy atom. The fourth-order valence-electron chi connectivity index (χ4n) is 4.11. The molecule has 0 spiro atoms. The Morgan fingerprint density at radius 3 is 1.84 bits per heavy atom. The van der Waals surface area contributed by atoms with E-state index in [-0.39, 0.29) is 13.2 Å². The van der Waals surface area contributed by atoms with Gasteiger partial charge in [0, 0.05) is 0 Å². The van der Waals surface area contributed by atoms with Gasteiger partial charge in [0.1, 0.15) is 24.4 Å². The van der Waals surface area contributed by atoms with Gasteiger partial charge in [0.05, 0.1) is 19.8 Å². The van der Waals surface area contributed by atoms with Crippen molar-refractivity contribution in [2.75, 3.05) is 19.8 Å². The maximum atomic E-state index is 9.95. The molecule has 0 aromatic heterocycles. The van der Waals surface area contributed by atoms with E-state index in [0.717, 1.165) is 12.8 Å².